The van der Waals surface area contributed by atoms with Crippen LogP contribution < -0.4 is 14.8 Å². The highest BCUT2D eigenvalue weighted by Gasteiger charge is 2.11. The number of methoxy groups -OCH3 is 2. The molecular formula is C16H18BrNO3. The van der Waals surface area contributed by atoms with E-state index >= 15 is 0 Å². The lowest BCUT2D eigenvalue weighted by atomic mass is 10.1. The van der Waals surface area contributed by atoms with Gasteiger partial charge in [-0.25, -0.2) is 0 Å². The van der Waals surface area contributed by atoms with Crippen molar-refractivity contribution in [1.29, 1.82) is 0 Å². The second-order valence-corrected chi connectivity index (χ2v) is 5.43. The summed E-state index contributed by atoms with van der Waals surface area (Å²) in [6, 6.07) is 9.62. The maximum atomic E-state index is 9.90. The Hall–Kier alpha value is -1.88. The van der Waals surface area contributed by atoms with Gasteiger partial charge in [-0.1, -0.05) is 12.1 Å². The summed E-state index contributed by atoms with van der Waals surface area (Å²) in [5, 5.41) is 13.3. The smallest absolute Gasteiger partial charge is 0.200 e. The Morgan fingerprint density at radius 3 is 2.33 bits per heavy atom. The number of hydrogen-bond acceptors (Lipinski definition) is 4. The Bertz CT molecular complexity index is 618. The third-order valence-corrected chi connectivity index (χ3v) is 4.27. The molecule has 0 aliphatic rings. The molecule has 112 valence electrons. The van der Waals surface area contributed by atoms with E-state index in [1.165, 1.54) is 19.8 Å². The van der Waals surface area contributed by atoms with Gasteiger partial charge in [0, 0.05) is 16.7 Å². The van der Waals surface area contributed by atoms with Crippen molar-refractivity contribution in [3.05, 3.63) is 45.9 Å². The third kappa shape index (κ3) is 3.42. The van der Waals surface area contributed by atoms with Gasteiger partial charge in [-0.2, -0.15) is 0 Å². The lowest BCUT2D eigenvalue weighted by molar-refractivity contribution is 0.339. The SMILES string of the molecule is COc1cc(CNc2cccc(C)c2Br)cc(OC)c1O. The summed E-state index contributed by atoms with van der Waals surface area (Å²) in [5.74, 6) is 0.810. The van der Waals surface area contributed by atoms with E-state index in [0.29, 0.717) is 18.0 Å². The first-order valence-corrected chi connectivity index (χ1v) is 7.29. The van der Waals surface area contributed by atoms with Crippen LogP contribution in [0, 0.1) is 6.92 Å². The number of aryl methyl sites for hydroxylation is 1. The molecule has 0 spiro atoms. The zero-order valence-electron chi connectivity index (χ0n) is 12.2. The lowest BCUT2D eigenvalue weighted by Crippen LogP contribution is -2.02. The summed E-state index contributed by atoms with van der Waals surface area (Å²) in [6.45, 7) is 2.64. The molecular weight excluding hydrogens is 334 g/mol. The normalized spacial score (nSPS) is 10.3. The van der Waals surface area contributed by atoms with E-state index in [-0.39, 0.29) is 5.75 Å². The first-order chi connectivity index (χ1) is 10.1. The van der Waals surface area contributed by atoms with E-state index in [1.807, 2.05) is 25.1 Å². The Balaban J connectivity index is 2.22. The Kier molecular flexibility index (Phi) is 4.96. The van der Waals surface area contributed by atoms with Crippen LogP contribution in [0.4, 0.5) is 5.69 Å². The number of benzene rings is 2. The Labute approximate surface area is 132 Å². The van der Waals surface area contributed by atoms with Crippen LogP contribution in [0.5, 0.6) is 17.2 Å². The van der Waals surface area contributed by atoms with Gasteiger partial charge in [0.15, 0.2) is 11.5 Å². The molecule has 2 aromatic rings. The number of nitrogens with one attached hydrogen (secondary N) is 1. The molecule has 0 amide bonds. The van der Waals surface area contributed by atoms with Crippen LogP contribution in [0.3, 0.4) is 0 Å². The Morgan fingerprint density at radius 2 is 1.76 bits per heavy atom. The number of phenols is 1. The molecule has 2 rings (SSSR count). The van der Waals surface area contributed by atoms with Gasteiger partial charge in [-0.15, -0.1) is 0 Å². The second-order valence-electron chi connectivity index (χ2n) is 4.64. The predicted octanol–water partition coefficient (Wildman–Crippen LogP) is 4.09. The lowest BCUT2D eigenvalue weighted by Gasteiger charge is -2.13. The van der Waals surface area contributed by atoms with Gasteiger partial charge in [0.2, 0.25) is 5.75 Å². The van der Waals surface area contributed by atoms with Crippen LogP contribution in [0.15, 0.2) is 34.8 Å². The van der Waals surface area contributed by atoms with Gasteiger partial charge in [0.25, 0.3) is 0 Å². The highest BCUT2D eigenvalue weighted by atomic mass is 79.9. The molecule has 0 saturated carbocycles. The molecule has 0 saturated heterocycles. The number of halogens is 1. The molecule has 0 atom stereocenters. The van der Waals surface area contributed by atoms with Crippen molar-refractivity contribution in [3.8, 4) is 17.2 Å². The minimum absolute atomic E-state index is 0.0143. The first-order valence-electron chi connectivity index (χ1n) is 6.49. The topological polar surface area (TPSA) is 50.7 Å². The average molecular weight is 352 g/mol. The molecule has 2 aromatic carbocycles. The summed E-state index contributed by atoms with van der Waals surface area (Å²) in [5.41, 5.74) is 3.14. The summed E-state index contributed by atoms with van der Waals surface area (Å²) < 4.78 is 11.4. The molecule has 4 nitrogen and oxygen atoms in total. The fourth-order valence-electron chi connectivity index (χ4n) is 2.03. The maximum Gasteiger partial charge on any atom is 0.200 e. The van der Waals surface area contributed by atoms with Crippen molar-refractivity contribution in [2.75, 3.05) is 19.5 Å². The standard InChI is InChI=1S/C16H18BrNO3/c1-10-5-4-6-12(15(10)17)18-9-11-7-13(20-2)16(19)14(8-11)21-3/h4-8,18-19H,9H2,1-3H3. The second kappa shape index (κ2) is 6.72. The molecule has 0 radical (unpaired) electrons. The van der Waals surface area contributed by atoms with E-state index < -0.39 is 0 Å². The Morgan fingerprint density at radius 1 is 1.14 bits per heavy atom. The fourth-order valence-corrected chi connectivity index (χ4v) is 2.44. The van der Waals surface area contributed by atoms with Gasteiger partial charge in [0.1, 0.15) is 0 Å². The van der Waals surface area contributed by atoms with Crippen molar-refractivity contribution >= 4 is 21.6 Å². The van der Waals surface area contributed by atoms with Gasteiger partial charge in [-0.3, -0.25) is 0 Å². The molecule has 2 N–H and O–H groups in total. The van der Waals surface area contributed by atoms with Crippen LogP contribution in [0.2, 0.25) is 0 Å². The molecule has 0 fully saturated rings. The zero-order valence-corrected chi connectivity index (χ0v) is 13.8. The number of anilines is 1. The van der Waals surface area contributed by atoms with Gasteiger partial charge < -0.3 is 19.9 Å². The fraction of sp³-hybridized carbons (Fsp3) is 0.250. The molecule has 5 heteroatoms. The van der Waals surface area contributed by atoms with Crippen molar-refractivity contribution in [1.82, 2.24) is 0 Å². The van der Waals surface area contributed by atoms with Crippen molar-refractivity contribution in [3.63, 3.8) is 0 Å². The highest BCUT2D eigenvalue weighted by molar-refractivity contribution is 9.10. The third-order valence-electron chi connectivity index (χ3n) is 3.21. The van der Waals surface area contributed by atoms with Crippen LogP contribution in [-0.2, 0) is 6.54 Å². The number of ether oxygens (including phenoxy) is 2. The molecule has 0 bridgehead atoms. The number of phenolic OH excluding ortho intramolecular Hbond substituents is 1. The van der Waals surface area contributed by atoms with E-state index in [4.69, 9.17) is 9.47 Å². The van der Waals surface area contributed by atoms with Gasteiger partial charge >= 0.3 is 0 Å². The molecule has 21 heavy (non-hydrogen) atoms. The summed E-state index contributed by atoms with van der Waals surface area (Å²) in [7, 11) is 3.03. The monoisotopic (exact) mass is 351 g/mol. The van der Waals surface area contributed by atoms with E-state index in [1.54, 1.807) is 12.1 Å². The van der Waals surface area contributed by atoms with E-state index in [9.17, 15) is 5.11 Å². The van der Waals surface area contributed by atoms with Crippen LogP contribution in [0.1, 0.15) is 11.1 Å². The quantitative estimate of drug-likeness (QED) is 0.851. The van der Waals surface area contributed by atoms with Crippen molar-refractivity contribution < 1.29 is 14.6 Å². The van der Waals surface area contributed by atoms with E-state index in [2.05, 4.69) is 21.2 Å². The van der Waals surface area contributed by atoms with Crippen molar-refractivity contribution in [2.24, 2.45) is 0 Å². The van der Waals surface area contributed by atoms with Gasteiger partial charge in [0.05, 0.1) is 14.2 Å². The van der Waals surface area contributed by atoms with E-state index in [0.717, 1.165) is 15.7 Å². The summed E-state index contributed by atoms with van der Waals surface area (Å²) in [6.07, 6.45) is 0. The van der Waals surface area contributed by atoms with Crippen LogP contribution in [-0.4, -0.2) is 19.3 Å². The first kappa shape index (κ1) is 15.5. The minimum atomic E-state index is 0.0143. The molecule has 0 aliphatic carbocycles. The predicted molar refractivity (Wildman–Crippen MR) is 87.4 cm³/mol. The van der Waals surface area contributed by atoms with Gasteiger partial charge in [-0.05, 0) is 52.2 Å². The number of rotatable bonds is 5. The zero-order chi connectivity index (χ0) is 15.4. The molecule has 0 unspecified atom stereocenters. The summed E-state index contributed by atoms with van der Waals surface area (Å²) in [4.78, 5) is 0. The minimum Gasteiger partial charge on any atom is -0.502 e. The molecule has 0 heterocycles. The van der Waals surface area contributed by atoms with Crippen molar-refractivity contribution in [2.45, 2.75) is 13.5 Å². The van der Waals surface area contributed by atoms with Crippen LogP contribution in [0.25, 0.3) is 0 Å². The number of aromatic hydroxyl groups is 1. The highest BCUT2D eigenvalue weighted by Crippen LogP contribution is 2.37. The number of hydrogen-bond donors (Lipinski definition) is 2. The average Bonchev–Trinajstić information content (AvgIpc) is 2.49. The maximum absolute atomic E-state index is 9.90. The largest absolute Gasteiger partial charge is 0.502 e. The van der Waals surface area contributed by atoms with Crippen LogP contribution >= 0.6 is 15.9 Å². The summed E-state index contributed by atoms with van der Waals surface area (Å²) >= 11 is 3.57. The molecule has 0 aliphatic heterocycles. The molecule has 0 aromatic heterocycles.